The number of thiophene rings is 1. The number of hydrogen-bond donors (Lipinski definition) is 1. The van der Waals surface area contributed by atoms with Gasteiger partial charge in [0.15, 0.2) is 0 Å². The number of aryl methyl sites for hydroxylation is 1. The molecule has 2 heterocycles. The topological polar surface area (TPSA) is 40.5 Å². The van der Waals surface area contributed by atoms with Crippen LogP contribution >= 0.6 is 11.3 Å². The first-order valence-corrected chi connectivity index (χ1v) is 10.6. The SMILES string of the molecule is Cc1ccc(C(c2ccc(-c3ccccc3)cc2)N2CCCC(C(=O)O)C2)s1. The van der Waals surface area contributed by atoms with Gasteiger partial charge in [-0.05, 0) is 55.1 Å². The van der Waals surface area contributed by atoms with Crippen LogP contribution < -0.4 is 0 Å². The summed E-state index contributed by atoms with van der Waals surface area (Å²) in [5.74, 6) is -0.953. The molecule has 4 heteroatoms. The Morgan fingerprint density at radius 3 is 2.39 bits per heavy atom. The van der Waals surface area contributed by atoms with Crippen molar-refractivity contribution in [3.05, 3.63) is 82.0 Å². The maximum Gasteiger partial charge on any atom is 0.307 e. The number of likely N-dealkylation sites (tertiary alicyclic amines) is 1. The summed E-state index contributed by atoms with van der Waals surface area (Å²) in [5, 5.41) is 9.52. The van der Waals surface area contributed by atoms with E-state index in [4.69, 9.17) is 0 Å². The van der Waals surface area contributed by atoms with E-state index < -0.39 is 5.97 Å². The standard InChI is InChI=1S/C24H25NO2S/c1-17-9-14-22(28-17)23(25-15-5-8-21(16-25)24(26)27)20-12-10-19(11-13-20)18-6-3-2-4-7-18/h2-4,6-7,9-14,21,23H,5,8,15-16H2,1H3,(H,26,27). The highest BCUT2D eigenvalue weighted by Gasteiger charge is 2.31. The maximum absolute atomic E-state index is 11.6. The van der Waals surface area contributed by atoms with Crippen LogP contribution in [0.3, 0.4) is 0 Å². The predicted octanol–water partition coefficient (Wildman–Crippen LogP) is 5.61. The molecular weight excluding hydrogens is 366 g/mol. The van der Waals surface area contributed by atoms with Gasteiger partial charge in [-0.3, -0.25) is 9.69 Å². The number of rotatable bonds is 5. The molecule has 1 aliphatic heterocycles. The van der Waals surface area contributed by atoms with Crippen molar-refractivity contribution in [2.75, 3.05) is 13.1 Å². The van der Waals surface area contributed by atoms with Crippen molar-refractivity contribution in [3.63, 3.8) is 0 Å². The summed E-state index contributed by atoms with van der Waals surface area (Å²) in [5.41, 5.74) is 3.64. The minimum Gasteiger partial charge on any atom is -0.481 e. The third-order valence-corrected chi connectivity index (χ3v) is 6.58. The maximum atomic E-state index is 11.6. The number of aliphatic carboxylic acids is 1. The second-order valence-electron chi connectivity index (χ2n) is 7.51. The highest BCUT2D eigenvalue weighted by Crippen LogP contribution is 2.36. The molecule has 2 aromatic carbocycles. The molecule has 1 N–H and O–H groups in total. The van der Waals surface area contributed by atoms with Crippen molar-refractivity contribution in [1.82, 2.24) is 4.90 Å². The number of piperidine rings is 1. The van der Waals surface area contributed by atoms with Gasteiger partial charge < -0.3 is 5.11 Å². The highest BCUT2D eigenvalue weighted by molar-refractivity contribution is 7.12. The Labute approximate surface area is 170 Å². The minimum atomic E-state index is -0.676. The van der Waals surface area contributed by atoms with Crippen molar-refractivity contribution in [3.8, 4) is 11.1 Å². The molecule has 4 rings (SSSR count). The quantitative estimate of drug-likeness (QED) is 0.614. The molecule has 2 atom stereocenters. The lowest BCUT2D eigenvalue weighted by molar-refractivity contribution is -0.143. The molecule has 1 aliphatic rings. The average Bonchev–Trinajstić information content (AvgIpc) is 3.15. The van der Waals surface area contributed by atoms with Gasteiger partial charge in [0, 0.05) is 16.3 Å². The van der Waals surface area contributed by atoms with Crippen LogP contribution in [0.1, 0.15) is 34.2 Å². The van der Waals surface area contributed by atoms with Crippen LogP contribution in [0.4, 0.5) is 0 Å². The summed E-state index contributed by atoms with van der Waals surface area (Å²) in [6.07, 6.45) is 1.70. The summed E-state index contributed by atoms with van der Waals surface area (Å²) < 4.78 is 0. The Morgan fingerprint density at radius 1 is 1.04 bits per heavy atom. The van der Waals surface area contributed by atoms with Crippen LogP contribution in [-0.4, -0.2) is 29.1 Å². The van der Waals surface area contributed by atoms with E-state index >= 15 is 0 Å². The van der Waals surface area contributed by atoms with Crippen molar-refractivity contribution < 1.29 is 9.90 Å². The Bertz CT molecular complexity index is 933. The Morgan fingerprint density at radius 2 is 1.75 bits per heavy atom. The minimum absolute atomic E-state index is 0.116. The molecule has 1 fully saturated rings. The molecule has 0 amide bonds. The molecular formula is C24H25NO2S. The zero-order valence-electron chi connectivity index (χ0n) is 16.0. The summed E-state index contributed by atoms with van der Waals surface area (Å²) in [6, 6.07) is 23.6. The monoisotopic (exact) mass is 391 g/mol. The van der Waals surface area contributed by atoms with Gasteiger partial charge in [0.25, 0.3) is 0 Å². The summed E-state index contributed by atoms with van der Waals surface area (Å²) in [6.45, 7) is 3.67. The zero-order chi connectivity index (χ0) is 19.5. The van der Waals surface area contributed by atoms with Crippen LogP contribution in [0, 0.1) is 12.8 Å². The largest absolute Gasteiger partial charge is 0.481 e. The van der Waals surface area contributed by atoms with E-state index in [2.05, 4.69) is 72.5 Å². The lowest BCUT2D eigenvalue weighted by atomic mass is 9.93. The lowest BCUT2D eigenvalue weighted by Crippen LogP contribution is -2.41. The van der Waals surface area contributed by atoms with Gasteiger partial charge in [0.05, 0.1) is 12.0 Å². The van der Waals surface area contributed by atoms with Gasteiger partial charge in [-0.2, -0.15) is 0 Å². The summed E-state index contributed by atoms with van der Waals surface area (Å²) in [7, 11) is 0. The van der Waals surface area contributed by atoms with Crippen LogP contribution in [0.5, 0.6) is 0 Å². The zero-order valence-corrected chi connectivity index (χ0v) is 16.9. The molecule has 0 radical (unpaired) electrons. The third kappa shape index (κ3) is 4.03. The molecule has 0 bridgehead atoms. The fourth-order valence-corrected chi connectivity index (χ4v) is 5.13. The van der Waals surface area contributed by atoms with Gasteiger partial charge in [-0.15, -0.1) is 11.3 Å². The van der Waals surface area contributed by atoms with E-state index in [1.54, 1.807) is 11.3 Å². The van der Waals surface area contributed by atoms with Crippen molar-refractivity contribution >= 4 is 17.3 Å². The molecule has 0 aliphatic carbocycles. The molecule has 0 saturated carbocycles. The molecule has 1 aromatic heterocycles. The van der Waals surface area contributed by atoms with Gasteiger partial charge in [0.2, 0.25) is 0 Å². The van der Waals surface area contributed by atoms with E-state index in [-0.39, 0.29) is 12.0 Å². The normalized spacial score (nSPS) is 18.7. The fraction of sp³-hybridized carbons (Fsp3) is 0.292. The number of nitrogens with zero attached hydrogens (tertiary/aromatic N) is 1. The number of carboxylic acid groups (broad SMARTS) is 1. The van der Waals surface area contributed by atoms with Crippen LogP contribution in [0.25, 0.3) is 11.1 Å². The van der Waals surface area contributed by atoms with E-state index in [0.717, 1.165) is 19.4 Å². The first kappa shape index (κ1) is 18.9. The van der Waals surface area contributed by atoms with Gasteiger partial charge in [-0.25, -0.2) is 0 Å². The number of carboxylic acids is 1. The van der Waals surface area contributed by atoms with Crippen LogP contribution in [0.15, 0.2) is 66.7 Å². The number of hydrogen-bond acceptors (Lipinski definition) is 3. The van der Waals surface area contributed by atoms with Gasteiger partial charge in [0.1, 0.15) is 0 Å². The average molecular weight is 392 g/mol. The third-order valence-electron chi connectivity index (χ3n) is 5.53. The van der Waals surface area contributed by atoms with E-state index in [9.17, 15) is 9.90 Å². The molecule has 28 heavy (non-hydrogen) atoms. The molecule has 144 valence electrons. The first-order valence-electron chi connectivity index (χ1n) is 9.80. The van der Waals surface area contributed by atoms with Crippen molar-refractivity contribution in [1.29, 1.82) is 0 Å². The highest BCUT2D eigenvalue weighted by atomic mass is 32.1. The smallest absolute Gasteiger partial charge is 0.307 e. The van der Waals surface area contributed by atoms with E-state index in [0.29, 0.717) is 6.54 Å². The Hall–Kier alpha value is -2.43. The van der Waals surface area contributed by atoms with E-state index in [1.807, 2.05) is 6.07 Å². The molecule has 2 unspecified atom stereocenters. The summed E-state index contributed by atoms with van der Waals surface area (Å²) in [4.78, 5) is 16.5. The molecule has 0 spiro atoms. The van der Waals surface area contributed by atoms with E-state index in [1.165, 1.54) is 26.4 Å². The van der Waals surface area contributed by atoms with Crippen LogP contribution in [-0.2, 0) is 4.79 Å². The lowest BCUT2D eigenvalue weighted by Gasteiger charge is -2.37. The molecule has 3 aromatic rings. The summed E-state index contributed by atoms with van der Waals surface area (Å²) >= 11 is 1.81. The fourth-order valence-electron chi connectivity index (χ4n) is 4.09. The second-order valence-corrected chi connectivity index (χ2v) is 8.83. The Balaban J connectivity index is 1.67. The molecule has 3 nitrogen and oxygen atoms in total. The number of benzene rings is 2. The predicted molar refractivity (Wildman–Crippen MR) is 115 cm³/mol. The Kier molecular flexibility index (Phi) is 5.60. The van der Waals surface area contributed by atoms with Crippen LogP contribution in [0.2, 0.25) is 0 Å². The van der Waals surface area contributed by atoms with Crippen molar-refractivity contribution in [2.45, 2.75) is 25.8 Å². The van der Waals surface area contributed by atoms with Gasteiger partial charge >= 0.3 is 5.97 Å². The second kappa shape index (κ2) is 8.29. The van der Waals surface area contributed by atoms with Crippen molar-refractivity contribution in [2.24, 2.45) is 5.92 Å². The van der Waals surface area contributed by atoms with Gasteiger partial charge in [-0.1, -0.05) is 54.6 Å². The molecule has 1 saturated heterocycles. The first-order chi connectivity index (χ1) is 13.6. The number of carbonyl (C=O) groups is 1.